The van der Waals surface area contributed by atoms with Crippen LogP contribution in [0.5, 0.6) is 5.75 Å². The van der Waals surface area contributed by atoms with Gasteiger partial charge in [0.1, 0.15) is 23.2 Å². The number of alkyl halides is 3. The Morgan fingerprint density at radius 1 is 1.03 bits per heavy atom. The third kappa shape index (κ3) is 4.08. The number of aliphatic imine (C=N–C) groups is 3. The third-order valence-electron chi connectivity index (χ3n) is 5.86. The Bertz CT molecular complexity index is 1270. The molecule has 3 aliphatic rings. The summed E-state index contributed by atoms with van der Waals surface area (Å²) < 4.78 is 70.7. The van der Waals surface area contributed by atoms with Crippen LogP contribution < -0.4 is 15.4 Å². The summed E-state index contributed by atoms with van der Waals surface area (Å²) in [5.41, 5.74) is 5.84. The van der Waals surface area contributed by atoms with E-state index in [1.54, 1.807) is 4.90 Å². The smallest absolute Gasteiger partial charge is 0.406 e. The van der Waals surface area contributed by atoms with Crippen molar-refractivity contribution in [2.24, 2.45) is 20.7 Å². The normalized spacial score (nSPS) is 21.9. The summed E-state index contributed by atoms with van der Waals surface area (Å²) in [6, 6.07) is 9.43. The lowest BCUT2D eigenvalue weighted by Crippen LogP contribution is -2.46. The average Bonchev–Trinajstić information content (AvgIpc) is 3.12. The zero-order valence-corrected chi connectivity index (χ0v) is 18.1. The van der Waals surface area contributed by atoms with Crippen LogP contribution in [-0.2, 0) is 5.54 Å². The van der Waals surface area contributed by atoms with E-state index >= 15 is 0 Å². The van der Waals surface area contributed by atoms with Crippen LogP contribution in [0, 0.1) is 5.82 Å². The largest absolute Gasteiger partial charge is 0.573 e. The van der Waals surface area contributed by atoms with Crippen molar-refractivity contribution < 1.29 is 26.7 Å². The van der Waals surface area contributed by atoms with Gasteiger partial charge in [0.15, 0.2) is 11.5 Å². The zero-order valence-electron chi connectivity index (χ0n) is 18.1. The zero-order chi connectivity index (χ0) is 24.8. The van der Waals surface area contributed by atoms with Gasteiger partial charge in [0.2, 0.25) is 0 Å². The quantitative estimate of drug-likeness (QED) is 0.656. The van der Waals surface area contributed by atoms with Crippen LogP contribution in [0.25, 0.3) is 0 Å². The molecule has 1 atom stereocenters. The highest BCUT2D eigenvalue weighted by molar-refractivity contribution is 6.12. The molecule has 5 rings (SSSR count). The van der Waals surface area contributed by atoms with Gasteiger partial charge in [-0.1, -0.05) is 18.2 Å². The number of nitrogens with zero attached hydrogens (tertiary/aromatic N) is 5. The SMILES string of the molecule is NC1=NC(c2ccc(OC(F)(F)F)cc2)(c2ccc(F)c(N3C=NC=C(F)C3)c2)C2=NCCCN12. The molecule has 0 aromatic heterocycles. The van der Waals surface area contributed by atoms with E-state index in [0.29, 0.717) is 30.1 Å². The van der Waals surface area contributed by atoms with Crippen molar-refractivity contribution in [3.63, 3.8) is 0 Å². The molecule has 1 unspecified atom stereocenters. The van der Waals surface area contributed by atoms with E-state index in [2.05, 4.69) is 14.7 Å². The van der Waals surface area contributed by atoms with E-state index in [9.17, 15) is 22.0 Å². The van der Waals surface area contributed by atoms with E-state index in [0.717, 1.165) is 12.6 Å². The lowest BCUT2D eigenvalue weighted by Gasteiger charge is -2.33. The average molecular weight is 490 g/mol. The molecule has 12 heteroatoms. The van der Waals surface area contributed by atoms with Crippen LogP contribution in [0.3, 0.4) is 0 Å². The summed E-state index contributed by atoms with van der Waals surface area (Å²) in [5.74, 6) is -0.907. The molecule has 0 spiro atoms. The molecule has 0 saturated carbocycles. The van der Waals surface area contributed by atoms with E-state index in [1.807, 2.05) is 0 Å². The molecular formula is C23H19F5N6O. The minimum atomic E-state index is -4.84. The monoisotopic (exact) mass is 490 g/mol. The lowest BCUT2D eigenvalue weighted by molar-refractivity contribution is -0.274. The highest BCUT2D eigenvalue weighted by Crippen LogP contribution is 2.43. The van der Waals surface area contributed by atoms with Crippen LogP contribution >= 0.6 is 0 Å². The summed E-state index contributed by atoms with van der Waals surface area (Å²) in [7, 11) is 0. The van der Waals surface area contributed by atoms with E-state index < -0.39 is 29.3 Å². The van der Waals surface area contributed by atoms with Crippen LogP contribution in [0.1, 0.15) is 17.5 Å². The number of fused-ring (bicyclic) bond motifs is 1. The fraction of sp³-hybridized carbons (Fsp3) is 0.261. The second-order valence-corrected chi connectivity index (χ2v) is 8.10. The Morgan fingerprint density at radius 2 is 1.77 bits per heavy atom. The summed E-state index contributed by atoms with van der Waals surface area (Å²) in [4.78, 5) is 16.2. The van der Waals surface area contributed by atoms with Gasteiger partial charge < -0.3 is 15.4 Å². The number of rotatable bonds is 4. The van der Waals surface area contributed by atoms with Crippen molar-refractivity contribution in [1.82, 2.24) is 4.90 Å². The number of benzene rings is 2. The van der Waals surface area contributed by atoms with Crippen molar-refractivity contribution in [3.8, 4) is 5.75 Å². The predicted octanol–water partition coefficient (Wildman–Crippen LogP) is 4.06. The predicted molar refractivity (Wildman–Crippen MR) is 121 cm³/mol. The number of nitrogens with two attached hydrogens (primary N) is 1. The Morgan fingerprint density at radius 3 is 2.49 bits per heavy atom. The Hall–Kier alpha value is -3.96. The molecule has 2 N–H and O–H groups in total. The first-order valence-electron chi connectivity index (χ1n) is 10.7. The molecule has 0 aliphatic carbocycles. The van der Waals surface area contributed by atoms with Crippen molar-refractivity contribution in [1.29, 1.82) is 0 Å². The molecule has 3 heterocycles. The third-order valence-corrected chi connectivity index (χ3v) is 5.86. The molecule has 35 heavy (non-hydrogen) atoms. The summed E-state index contributed by atoms with van der Waals surface area (Å²) in [5, 5.41) is 0. The van der Waals surface area contributed by atoms with E-state index in [1.165, 1.54) is 53.7 Å². The van der Waals surface area contributed by atoms with Crippen molar-refractivity contribution >= 4 is 23.8 Å². The number of halogens is 5. The minimum absolute atomic E-state index is 0.0505. The van der Waals surface area contributed by atoms with Gasteiger partial charge in [-0.25, -0.2) is 18.8 Å². The van der Waals surface area contributed by atoms with Crippen molar-refractivity contribution in [3.05, 3.63) is 71.4 Å². The Labute approximate surface area is 196 Å². The maximum absolute atomic E-state index is 14.8. The molecule has 2 aromatic rings. The minimum Gasteiger partial charge on any atom is -0.406 e. The van der Waals surface area contributed by atoms with Gasteiger partial charge in [-0.3, -0.25) is 9.89 Å². The number of guanidine groups is 1. The molecule has 0 fully saturated rings. The van der Waals surface area contributed by atoms with Gasteiger partial charge in [0.05, 0.1) is 24.8 Å². The molecule has 0 radical (unpaired) electrons. The molecule has 0 amide bonds. The Balaban J connectivity index is 1.66. The first kappa shape index (κ1) is 22.8. The second kappa shape index (κ2) is 8.36. The summed E-state index contributed by atoms with van der Waals surface area (Å²) in [6.45, 7) is 0.835. The number of anilines is 1. The molecule has 0 bridgehead atoms. The lowest BCUT2D eigenvalue weighted by atomic mass is 9.81. The fourth-order valence-electron chi connectivity index (χ4n) is 4.42. The molecule has 182 valence electrons. The van der Waals surface area contributed by atoms with Gasteiger partial charge in [0, 0.05) is 13.1 Å². The molecule has 7 nitrogen and oxygen atoms in total. The highest BCUT2D eigenvalue weighted by atomic mass is 19.4. The van der Waals surface area contributed by atoms with Gasteiger partial charge in [-0.2, -0.15) is 0 Å². The number of ether oxygens (including phenoxy) is 1. The molecule has 0 saturated heterocycles. The summed E-state index contributed by atoms with van der Waals surface area (Å²) in [6.07, 6.45) is -1.76. The molecule has 3 aliphatic heterocycles. The number of hydrogen-bond acceptors (Lipinski definition) is 7. The maximum Gasteiger partial charge on any atom is 0.573 e. The first-order valence-corrected chi connectivity index (χ1v) is 10.7. The van der Waals surface area contributed by atoms with Crippen LogP contribution in [0.2, 0.25) is 0 Å². The fourth-order valence-corrected chi connectivity index (χ4v) is 4.42. The molecular weight excluding hydrogens is 471 g/mol. The van der Waals surface area contributed by atoms with Gasteiger partial charge in [-0.15, -0.1) is 13.2 Å². The van der Waals surface area contributed by atoms with E-state index in [-0.39, 0.29) is 18.2 Å². The Kier molecular flexibility index (Phi) is 5.45. The topological polar surface area (TPSA) is 78.8 Å². The standard InChI is InChI=1S/C23H19F5N6O/c24-16-11-30-13-33(12-16)19-10-15(4-7-18(19)25)22(20-31-8-1-9-34(20)21(29)32-22)14-2-5-17(6-3-14)35-23(26,27)28/h2-7,10-11,13H,1,8-9,12H2,(H2,29,32). The van der Waals surface area contributed by atoms with Crippen LogP contribution in [-0.4, -0.2) is 49.0 Å². The second-order valence-electron chi connectivity index (χ2n) is 8.10. The highest BCUT2D eigenvalue weighted by Gasteiger charge is 2.49. The number of amidine groups is 1. The van der Waals surface area contributed by atoms with Gasteiger partial charge in [0.25, 0.3) is 0 Å². The summed E-state index contributed by atoms with van der Waals surface area (Å²) >= 11 is 0. The van der Waals surface area contributed by atoms with Crippen molar-refractivity contribution in [2.75, 3.05) is 24.5 Å². The van der Waals surface area contributed by atoms with Gasteiger partial charge >= 0.3 is 6.36 Å². The first-order chi connectivity index (χ1) is 16.7. The molecule has 2 aromatic carbocycles. The van der Waals surface area contributed by atoms with Crippen LogP contribution in [0.15, 0.2) is 69.5 Å². The van der Waals surface area contributed by atoms with Gasteiger partial charge in [-0.05, 0) is 41.8 Å². The number of hydrogen-bond donors (Lipinski definition) is 1. The maximum atomic E-state index is 14.8. The van der Waals surface area contributed by atoms with Crippen molar-refractivity contribution in [2.45, 2.75) is 18.3 Å². The van der Waals surface area contributed by atoms with E-state index in [4.69, 9.17) is 10.7 Å². The van der Waals surface area contributed by atoms with Crippen LogP contribution in [0.4, 0.5) is 27.6 Å².